The molecule has 0 bridgehead atoms. The standard InChI is InChI=1S/C29H23ClN2/c30-28-14-10-23(18-32-28)29-22(5-3-15-31-29)17-19-7-11-25-21(16-19)9-13-26-24-6-2-1-4-20(24)8-12-27(25)26/h1-6,8-10,12-15,18-19H,7,11,16-17H2. The Balaban J connectivity index is 1.31. The zero-order valence-electron chi connectivity index (χ0n) is 17.8. The highest BCUT2D eigenvalue weighted by Gasteiger charge is 2.22. The summed E-state index contributed by atoms with van der Waals surface area (Å²) in [5.41, 5.74) is 6.38. The van der Waals surface area contributed by atoms with E-state index in [9.17, 15) is 0 Å². The molecular weight excluding hydrogens is 412 g/mol. The van der Waals surface area contributed by atoms with Gasteiger partial charge in [-0.25, -0.2) is 4.98 Å². The molecular formula is C29H23ClN2. The quantitative estimate of drug-likeness (QED) is 0.217. The van der Waals surface area contributed by atoms with E-state index in [1.807, 2.05) is 30.6 Å². The zero-order chi connectivity index (χ0) is 21.5. The number of hydrogen-bond acceptors (Lipinski definition) is 2. The maximum absolute atomic E-state index is 5.98. The topological polar surface area (TPSA) is 25.8 Å². The van der Waals surface area contributed by atoms with E-state index in [-0.39, 0.29) is 0 Å². The summed E-state index contributed by atoms with van der Waals surface area (Å²) in [7, 11) is 0. The second-order valence-corrected chi connectivity index (χ2v) is 9.17. The van der Waals surface area contributed by atoms with Crippen LogP contribution in [0.2, 0.25) is 5.15 Å². The first-order valence-corrected chi connectivity index (χ1v) is 11.6. The van der Waals surface area contributed by atoms with Crippen molar-refractivity contribution in [3.63, 3.8) is 0 Å². The summed E-state index contributed by atoms with van der Waals surface area (Å²) in [4.78, 5) is 8.92. The second-order valence-electron chi connectivity index (χ2n) is 8.78. The van der Waals surface area contributed by atoms with Crippen LogP contribution in [-0.4, -0.2) is 9.97 Å². The van der Waals surface area contributed by atoms with Crippen molar-refractivity contribution in [2.45, 2.75) is 25.7 Å². The summed E-state index contributed by atoms with van der Waals surface area (Å²) < 4.78 is 0. The van der Waals surface area contributed by atoms with Gasteiger partial charge in [0.05, 0.1) is 5.69 Å². The first-order chi connectivity index (χ1) is 15.8. The molecule has 3 aromatic carbocycles. The third-order valence-electron chi connectivity index (χ3n) is 6.85. The third-order valence-corrected chi connectivity index (χ3v) is 7.07. The van der Waals surface area contributed by atoms with Crippen LogP contribution in [0.3, 0.4) is 0 Å². The predicted octanol–water partition coefficient (Wildman–Crippen LogP) is 7.45. The molecule has 2 heterocycles. The van der Waals surface area contributed by atoms with E-state index in [1.54, 1.807) is 0 Å². The van der Waals surface area contributed by atoms with Crippen molar-refractivity contribution in [3.05, 3.63) is 107 Å². The van der Waals surface area contributed by atoms with Gasteiger partial charge in [-0.1, -0.05) is 66.2 Å². The van der Waals surface area contributed by atoms with Gasteiger partial charge < -0.3 is 0 Å². The highest BCUT2D eigenvalue weighted by Crippen LogP contribution is 2.36. The Labute approximate surface area is 192 Å². The molecule has 0 fully saturated rings. The van der Waals surface area contributed by atoms with E-state index < -0.39 is 0 Å². The highest BCUT2D eigenvalue weighted by molar-refractivity contribution is 6.29. The summed E-state index contributed by atoms with van der Waals surface area (Å²) in [6.07, 6.45) is 8.16. The lowest BCUT2D eigenvalue weighted by Gasteiger charge is -2.27. The number of hydrogen-bond donors (Lipinski definition) is 0. The van der Waals surface area contributed by atoms with E-state index in [0.29, 0.717) is 11.1 Å². The number of fused-ring (bicyclic) bond motifs is 5. The molecule has 0 radical (unpaired) electrons. The number of nitrogens with zero attached hydrogens (tertiary/aromatic N) is 2. The van der Waals surface area contributed by atoms with E-state index in [0.717, 1.165) is 30.5 Å². The first-order valence-electron chi connectivity index (χ1n) is 11.2. The van der Waals surface area contributed by atoms with Crippen LogP contribution in [0.4, 0.5) is 0 Å². The summed E-state index contributed by atoms with van der Waals surface area (Å²) >= 11 is 5.98. The maximum Gasteiger partial charge on any atom is 0.129 e. The molecule has 1 aliphatic carbocycles. The predicted molar refractivity (Wildman–Crippen MR) is 133 cm³/mol. The highest BCUT2D eigenvalue weighted by atomic mass is 35.5. The molecule has 0 saturated carbocycles. The molecule has 0 aliphatic heterocycles. The minimum Gasteiger partial charge on any atom is -0.256 e. The number of aryl methyl sites for hydroxylation is 1. The Morgan fingerprint density at radius 2 is 1.72 bits per heavy atom. The normalized spacial score (nSPS) is 15.7. The van der Waals surface area contributed by atoms with E-state index in [2.05, 4.69) is 64.6 Å². The van der Waals surface area contributed by atoms with Gasteiger partial charge in [0.25, 0.3) is 0 Å². The molecule has 1 aliphatic rings. The van der Waals surface area contributed by atoms with Crippen LogP contribution in [0.15, 0.2) is 85.2 Å². The van der Waals surface area contributed by atoms with Crippen molar-refractivity contribution >= 4 is 33.1 Å². The Kier molecular flexibility index (Phi) is 4.88. The van der Waals surface area contributed by atoms with Gasteiger partial charge in [-0.3, -0.25) is 4.98 Å². The van der Waals surface area contributed by atoms with Crippen LogP contribution in [0.25, 0.3) is 32.8 Å². The van der Waals surface area contributed by atoms with Crippen molar-refractivity contribution < 1.29 is 0 Å². The van der Waals surface area contributed by atoms with Crippen LogP contribution in [0.5, 0.6) is 0 Å². The minimum atomic E-state index is 0.509. The SMILES string of the molecule is Clc1ccc(-c2ncccc2CC2CCc3c(ccc4c3ccc3ccccc34)C2)cn1. The van der Waals surface area contributed by atoms with Gasteiger partial charge in [-0.05, 0) is 88.0 Å². The lowest BCUT2D eigenvalue weighted by Crippen LogP contribution is -2.17. The van der Waals surface area contributed by atoms with Gasteiger partial charge in [0.1, 0.15) is 5.15 Å². The monoisotopic (exact) mass is 434 g/mol. The van der Waals surface area contributed by atoms with Crippen LogP contribution >= 0.6 is 11.6 Å². The van der Waals surface area contributed by atoms with E-state index in [1.165, 1.54) is 44.7 Å². The average Bonchev–Trinajstić information content (AvgIpc) is 2.84. The van der Waals surface area contributed by atoms with Crippen molar-refractivity contribution in [1.29, 1.82) is 0 Å². The van der Waals surface area contributed by atoms with Crippen LogP contribution < -0.4 is 0 Å². The molecule has 5 aromatic rings. The van der Waals surface area contributed by atoms with Gasteiger partial charge in [-0.2, -0.15) is 0 Å². The maximum atomic E-state index is 5.98. The molecule has 6 rings (SSSR count). The van der Waals surface area contributed by atoms with Crippen molar-refractivity contribution in [1.82, 2.24) is 9.97 Å². The lowest BCUT2D eigenvalue weighted by atomic mass is 9.78. The molecule has 2 nitrogen and oxygen atoms in total. The first kappa shape index (κ1) is 19.5. The van der Waals surface area contributed by atoms with E-state index >= 15 is 0 Å². The molecule has 0 spiro atoms. The molecule has 1 atom stereocenters. The summed E-state index contributed by atoms with van der Waals surface area (Å²) in [6, 6.07) is 26.1. The molecule has 0 amide bonds. The molecule has 3 heteroatoms. The Hall–Kier alpha value is -3.23. The Bertz CT molecular complexity index is 1440. The van der Waals surface area contributed by atoms with Gasteiger partial charge in [0.2, 0.25) is 0 Å². The van der Waals surface area contributed by atoms with Crippen LogP contribution in [0, 0.1) is 5.92 Å². The number of benzene rings is 3. The van der Waals surface area contributed by atoms with Gasteiger partial charge in [0.15, 0.2) is 0 Å². The Morgan fingerprint density at radius 1 is 0.812 bits per heavy atom. The molecule has 0 saturated heterocycles. The Morgan fingerprint density at radius 3 is 2.62 bits per heavy atom. The summed E-state index contributed by atoms with van der Waals surface area (Å²) in [5.74, 6) is 0.614. The fourth-order valence-electron chi connectivity index (χ4n) is 5.31. The number of aromatic nitrogens is 2. The fraction of sp³-hybridized carbons (Fsp3) is 0.172. The summed E-state index contributed by atoms with van der Waals surface area (Å²) in [6.45, 7) is 0. The number of halogens is 1. The lowest BCUT2D eigenvalue weighted by molar-refractivity contribution is 0.457. The van der Waals surface area contributed by atoms with Crippen molar-refractivity contribution in [3.8, 4) is 11.3 Å². The molecule has 0 N–H and O–H groups in total. The summed E-state index contributed by atoms with van der Waals surface area (Å²) in [5, 5.41) is 5.98. The molecule has 1 unspecified atom stereocenters. The molecule has 156 valence electrons. The van der Waals surface area contributed by atoms with Gasteiger partial charge >= 0.3 is 0 Å². The smallest absolute Gasteiger partial charge is 0.129 e. The molecule has 2 aromatic heterocycles. The fourth-order valence-corrected chi connectivity index (χ4v) is 5.42. The average molecular weight is 435 g/mol. The minimum absolute atomic E-state index is 0.509. The zero-order valence-corrected chi connectivity index (χ0v) is 18.5. The second kappa shape index (κ2) is 8.03. The molecule has 32 heavy (non-hydrogen) atoms. The van der Waals surface area contributed by atoms with Crippen LogP contribution in [-0.2, 0) is 19.3 Å². The number of pyridine rings is 2. The third kappa shape index (κ3) is 3.45. The van der Waals surface area contributed by atoms with E-state index in [4.69, 9.17) is 11.6 Å². The number of rotatable bonds is 3. The van der Waals surface area contributed by atoms with Gasteiger partial charge in [0, 0.05) is 18.0 Å². The largest absolute Gasteiger partial charge is 0.256 e. The van der Waals surface area contributed by atoms with Crippen molar-refractivity contribution in [2.75, 3.05) is 0 Å². The van der Waals surface area contributed by atoms with Crippen LogP contribution in [0.1, 0.15) is 23.1 Å². The van der Waals surface area contributed by atoms with Crippen molar-refractivity contribution in [2.24, 2.45) is 5.92 Å². The van der Waals surface area contributed by atoms with Gasteiger partial charge in [-0.15, -0.1) is 0 Å².